The van der Waals surface area contributed by atoms with Crippen molar-refractivity contribution in [3.05, 3.63) is 59.2 Å². The second-order valence-corrected chi connectivity index (χ2v) is 8.34. The standard InChI is InChI=1S/C21H22O6S/c1-3-26-19-7-5-4-6-16(19)14-27-18-8-9-20-17(13-18)12-15(21(22)25-2)10-11-28(20,23)24/h4-9,12-13H,3,10-11,14H2,1-2H3. The van der Waals surface area contributed by atoms with Crippen LogP contribution in [0, 0.1) is 0 Å². The average Bonchev–Trinajstić information content (AvgIpc) is 2.82. The summed E-state index contributed by atoms with van der Waals surface area (Å²) in [6.07, 6.45) is 1.67. The monoisotopic (exact) mass is 402 g/mol. The third-order valence-electron chi connectivity index (χ3n) is 4.40. The predicted molar refractivity (Wildman–Crippen MR) is 105 cm³/mol. The van der Waals surface area contributed by atoms with Crippen molar-refractivity contribution in [3.63, 3.8) is 0 Å². The van der Waals surface area contributed by atoms with Crippen molar-refractivity contribution in [2.24, 2.45) is 0 Å². The fourth-order valence-corrected chi connectivity index (χ4v) is 4.46. The third-order valence-corrected chi connectivity index (χ3v) is 6.18. The van der Waals surface area contributed by atoms with E-state index >= 15 is 0 Å². The molecule has 0 fully saturated rings. The number of fused-ring (bicyclic) bond motifs is 1. The molecule has 1 heterocycles. The van der Waals surface area contributed by atoms with Gasteiger partial charge in [-0.15, -0.1) is 0 Å². The highest BCUT2D eigenvalue weighted by Gasteiger charge is 2.25. The van der Waals surface area contributed by atoms with Gasteiger partial charge in [0, 0.05) is 11.1 Å². The van der Waals surface area contributed by atoms with Gasteiger partial charge in [-0.1, -0.05) is 18.2 Å². The fraction of sp³-hybridized carbons (Fsp3) is 0.286. The topological polar surface area (TPSA) is 78.9 Å². The molecule has 0 bridgehead atoms. The maximum absolute atomic E-state index is 12.5. The van der Waals surface area contributed by atoms with Gasteiger partial charge < -0.3 is 14.2 Å². The quantitative estimate of drug-likeness (QED) is 0.689. The molecule has 2 aromatic carbocycles. The van der Waals surface area contributed by atoms with Crippen LogP contribution in [0.1, 0.15) is 24.5 Å². The molecule has 28 heavy (non-hydrogen) atoms. The lowest BCUT2D eigenvalue weighted by molar-refractivity contribution is -0.136. The van der Waals surface area contributed by atoms with Crippen LogP contribution in [-0.2, 0) is 26.0 Å². The number of carbonyl (C=O) groups excluding carboxylic acids is 1. The molecule has 0 aliphatic carbocycles. The van der Waals surface area contributed by atoms with Gasteiger partial charge in [-0.25, -0.2) is 13.2 Å². The Balaban J connectivity index is 1.89. The van der Waals surface area contributed by atoms with Crippen LogP contribution in [0.25, 0.3) is 6.08 Å². The normalized spacial score (nSPS) is 15.0. The lowest BCUT2D eigenvalue weighted by Crippen LogP contribution is -2.10. The zero-order chi connectivity index (χ0) is 20.1. The molecule has 6 nitrogen and oxygen atoms in total. The zero-order valence-corrected chi connectivity index (χ0v) is 16.6. The van der Waals surface area contributed by atoms with Crippen LogP contribution in [0.5, 0.6) is 11.5 Å². The van der Waals surface area contributed by atoms with Crippen molar-refractivity contribution >= 4 is 21.9 Å². The van der Waals surface area contributed by atoms with Gasteiger partial charge in [0.05, 0.1) is 24.4 Å². The molecule has 148 valence electrons. The van der Waals surface area contributed by atoms with Gasteiger partial charge in [0.1, 0.15) is 18.1 Å². The van der Waals surface area contributed by atoms with Crippen LogP contribution in [0.15, 0.2) is 52.9 Å². The van der Waals surface area contributed by atoms with E-state index in [2.05, 4.69) is 0 Å². The van der Waals surface area contributed by atoms with E-state index in [1.165, 1.54) is 13.2 Å². The number of carbonyl (C=O) groups is 1. The van der Waals surface area contributed by atoms with E-state index in [4.69, 9.17) is 14.2 Å². The molecule has 0 saturated heterocycles. The first-order valence-electron chi connectivity index (χ1n) is 8.94. The van der Waals surface area contributed by atoms with Crippen LogP contribution >= 0.6 is 0 Å². The molecular weight excluding hydrogens is 380 g/mol. The van der Waals surface area contributed by atoms with E-state index in [9.17, 15) is 13.2 Å². The number of ether oxygens (including phenoxy) is 3. The molecule has 1 aliphatic heterocycles. The Kier molecular flexibility index (Phi) is 6.04. The van der Waals surface area contributed by atoms with Crippen molar-refractivity contribution in [2.75, 3.05) is 19.5 Å². The summed E-state index contributed by atoms with van der Waals surface area (Å²) in [5.41, 5.74) is 1.63. The summed E-state index contributed by atoms with van der Waals surface area (Å²) in [5.74, 6) is 0.584. The highest BCUT2D eigenvalue weighted by molar-refractivity contribution is 7.91. The van der Waals surface area contributed by atoms with Crippen LogP contribution in [-0.4, -0.2) is 33.9 Å². The van der Waals surface area contributed by atoms with Gasteiger partial charge in [0.25, 0.3) is 0 Å². The smallest absolute Gasteiger partial charge is 0.333 e. The van der Waals surface area contributed by atoms with E-state index < -0.39 is 15.8 Å². The number of methoxy groups -OCH3 is 1. The highest BCUT2D eigenvalue weighted by Crippen LogP contribution is 2.30. The Bertz CT molecular complexity index is 1010. The third kappa shape index (κ3) is 4.36. The summed E-state index contributed by atoms with van der Waals surface area (Å²) in [4.78, 5) is 12.1. The molecule has 0 aromatic heterocycles. The summed E-state index contributed by atoms with van der Waals surface area (Å²) in [5, 5.41) is 0. The van der Waals surface area contributed by atoms with Crippen LogP contribution in [0.4, 0.5) is 0 Å². The van der Waals surface area contributed by atoms with E-state index in [0.717, 1.165) is 11.3 Å². The van der Waals surface area contributed by atoms with Crippen molar-refractivity contribution in [1.82, 2.24) is 0 Å². The van der Waals surface area contributed by atoms with Crippen molar-refractivity contribution in [3.8, 4) is 11.5 Å². The molecule has 0 spiro atoms. The van der Waals surface area contributed by atoms with Crippen LogP contribution in [0.2, 0.25) is 0 Å². The predicted octanol–water partition coefficient (Wildman–Crippen LogP) is 3.40. The summed E-state index contributed by atoms with van der Waals surface area (Å²) < 4.78 is 41.2. The van der Waals surface area contributed by atoms with Gasteiger partial charge in [-0.3, -0.25) is 0 Å². The molecule has 3 rings (SSSR count). The molecule has 0 amide bonds. The Morgan fingerprint density at radius 2 is 1.89 bits per heavy atom. The minimum absolute atomic E-state index is 0.113. The number of sulfone groups is 1. The Morgan fingerprint density at radius 1 is 1.11 bits per heavy atom. The molecule has 0 saturated carbocycles. The lowest BCUT2D eigenvalue weighted by atomic mass is 10.1. The largest absolute Gasteiger partial charge is 0.493 e. The summed E-state index contributed by atoms with van der Waals surface area (Å²) in [6.45, 7) is 2.74. The molecule has 2 aromatic rings. The molecule has 0 atom stereocenters. The van der Waals surface area contributed by atoms with Gasteiger partial charge >= 0.3 is 5.97 Å². The molecule has 0 N–H and O–H groups in total. The minimum atomic E-state index is -3.49. The van der Waals surface area contributed by atoms with Crippen molar-refractivity contribution < 1.29 is 27.4 Å². The minimum Gasteiger partial charge on any atom is -0.493 e. The van der Waals surface area contributed by atoms with E-state index in [1.807, 2.05) is 31.2 Å². The molecular formula is C21H22O6S. The van der Waals surface area contributed by atoms with E-state index in [1.54, 1.807) is 18.2 Å². The lowest BCUT2D eigenvalue weighted by Gasteiger charge is -2.12. The van der Waals surface area contributed by atoms with Gasteiger partial charge in [-0.2, -0.15) is 0 Å². The van der Waals surface area contributed by atoms with Crippen molar-refractivity contribution in [2.45, 2.75) is 24.8 Å². The number of esters is 1. The first-order valence-corrected chi connectivity index (χ1v) is 10.6. The highest BCUT2D eigenvalue weighted by atomic mass is 32.2. The second-order valence-electron chi connectivity index (χ2n) is 6.26. The van der Waals surface area contributed by atoms with E-state index in [-0.39, 0.29) is 23.7 Å². The number of hydrogen-bond donors (Lipinski definition) is 0. The molecule has 0 radical (unpaired) electrons. The first-order chi connectivity index (χ1) is 13.4. The van der Waals surface area contributed by atoms with Crippen molar-refractivity contribution in [1.29, 1.82) is 0 Å². The number of benzene rings is 2. The van der Waals surface area contributed by atoms with Gasteiger partial charge in [0.2, 0.25) is 0 Å². The van der Waals surface area contributed by atoms with Crippen LogP contribution < -0.4 is 9.47 Å². The maximum Gasteiger partial charge on any atom is 0.333 e. The Hall–Kier alpha value is -2.80. The summed E-state index contributed by atoms with van der Waals surface area (Å²) in [6, 6.07) is 12.3. The van der Waals surface area contributed by atoms with Gasteiger partial charge in [0.15, 0.2) is 9.84 Å². The number of para-hydroxylation sites is 1. The van der Waals surface area contributed by atoms with Crippen LogP contribution in [0.3, 0.4) is 0 Å². The van der Waals surface area contributed by atoms with E-state index in [0.29, 0.717) is 23.5 Å². The number of rotatable bonds is 6. The first kappa shape index (κ1) is 19.9. The molecule has 0 unspecified atom stereocenters. The Labute approximate surface area is 164 Å². The second kappa shape index (κ2) is 8.48. The summed E-state index contributed by atoms with van der Waals surface area (Å²) >= 11 is 0. The maximum atomic E-state index is 12.5. The number of hydrogen-bond acceptors (Lipinski definition) is 6. The Morgan fingerprint density at radius 3 is 2.64 bits per heavy atom. The SMILES string of the molecule is CCOc1ccccc1COc1ccc2c(c1)C=C(C(=O)OC)CCS2(=O)=O. The zero-order valence-electron chi connectivity index (χ0n) is 15.8. The fourth-order valence-electron chi connectivity index (χ4n) is 3.00. The summed E-state index contributed by atoms with van der Waals surface area (Å²) in [7, 11) is -2.21. The van der Waals surface area contributed by atoms with Gasteiger partial charge in [-0.05, 0) is 49.2 Å². The average molecular weight is 402 g/mol. The molecule has 7 heteroatoms. The molecule has 1 aliphatic rings.